The molecule has 6 nitrogen and oxygen atoms in total. The van der Waals surface area contributed by atoms with Crippen LogP contribution in [0.2, 0.25) is 0 Å². The van der Waals surface area contributed by atoms with E-state index in [0.717, 1.165) is 15.7 Å². The fourth-order valence-corrected chi connectivity index (χ4v) is 1.92. The Kier molecular flexibility index (Phi) is 4.18. The van der Waals surface area contributed by atoms with Crippen molar-refractivity contribution in [3.63, 3.8) is 0 Å². The Balaban J connectivity index is 2.19. The van der Waals surface area contributed by atoms with Crippen molar-refractivity contribution < 1.29 is 14.8 Å². The fourth-order valence-electron chi connectivity index (χ4n) is 1.56. The van der Waals surface area contributed by atoms with Crippen molar-refractivity contribution in [2.45, 2.75) is 0 Å². The molecule has 102 valence electrons. The lowest BCUT2D eigenvalue weighted by Crippen LogP contribution is -2.11. The highest BCUT2D eigenvalue weighted by molar-refractivity contribution is 14.1. The zero-order valence-electron chi connectivity index (χ0n) is 10.0. The first kappa shape index (κ1) is 14.3. The first-order valence-corrected chi connectivity index (χ1v) is 6.59. The summed E-state index contributed by atoms with van der Waals surface area (Å²) in [6.45, 7) is 0. The van der Waals surface area contributed by atoms with E-state index in [2.05, 4.69) is 27.9 Å². The third kappa shape index (κ3) is 3.23. The van der Waals surface area contributed by atoms with E-state index in [0.29, 0.717) is 5.69 Å². The van der Waals surface area contributed by atoms with Gasteiger partial charge in [-0.25, -0.2) is 0 Å². The summed E-state index contributed by atoms with van der Waals surface area (Å²) in [6, 6.07) is 10.6. The minimum Gasteiger partial charge on any atom is -0.502 e. The van der Waals surface area contributed by atoms with Gasteiger partial charge in [0.2, 0.25) is 0 Å². The first-order chi connectivity index (χ1) is 9.47. The number of aromatic hydroxyl groups is 1. The van der Waals surface area contributed by atoms with Crippen molar-refractivity contribution in [1.29, 1.82) is 0 Å². The Morgan fingerprint density at radius 3 is 2.40 bits per heavy atom. The Bertz CT molecular complexity index is 671. The number of carbonyl (C=O) groups is 1. The van der Waals surface area contributed by atoms with Gasteiger partial charge in [0.15, 0.2) is 5.75 Å². The summed E-state index contributed by atoms with van der Waals surface area (Å²) in [6.07, 6.45) is 0. The summed E-state index contributed by atoms with van der Waals surface area (Å²) in [4.78, 5) is 21.8. The Hall–Kier alpha value is -2.16. The molecule has 2 aromatic rings. The predicted molar refractivity (Wildman–Crippen MR) is 81.9 cm³/mol. The van der Waals surface area contributed by atoms with Crippen LogP contribution in [0.1, 0.15) is 10.4 Å². The summed E-state index contributed by atoms with van der Waals surface area (Å²) in [5.74, 6) is -0.985. The van der Waals surface area contributed by atoms with Crippen molar-refractivity contribution in [1.82, 2.24) is 0 Å². The van der Waals surface area contributed by atoms with Gasteiger partial charge in [0, 0.05) is 20.9 Å². The summed E-state index contributed by atoms with van der Waals surface area (Å²) in [7, 11) is 0. The number of halogens is 1. The van der Waals surface area contributed by atoms with Crippen molar-refractivity contribution in [3.8, 4) is 5.75 Å². The number of anilines is 1. The number of benzene rings is 2. The van der Waals surface area contributed by atoms with Crippen LogP contribution < -0.4 is 5.32 Å². The monoisotopic (exact) mass is 384 g/mol. The number of carbonyl (C=O) groups excluding carboxylic acids is 1. The van der Waals surface area contributed by atoms with Gasteiger partial charge in [0.1, 0.15) is 0 Å². The molecular formula is C13H9IN2O4. The average Bonchev–Trinajstić information content (AvgIpc) is 2.40. The summed E-state index contributed by atoms with van der Waals surface area (Å²) >= 11 is 2.15. The summed E-state index contributed by atoms with van der Waals surface area (Å²) < 4.78 is 1.04. The largest absolute Gasteiger partial charge is 0.502 e. The molecule has 0 unspecified atom stereocenters. The number of phenols is 1. The molecular weight excluding hydrogens is 375 g/mol. The molecule has 7 heteroatoms. The van der Waals surface area contributed by atoms with Gasteiger partial charge in [0.25, 0.3) is 5.91 Å². The molecule has 0 spiro atoms. The smallest absolute Gasteiger partial charge is 0.310 e. The molecule has 1 amide bonds. The van der Waals surface area contributed by atoms with E-state index in [-0.39, 0.29) is 5.56 Å². The minimum atomic E-state index is -0.712. The molecule has 0 aliphatic rings. The van der Waals surface area contributed by atoms with Crippen LogP contribution in [0.5, 0.6) is 5.75 Å². The second kappa shape index (κ2) is 5.87. The number of amides is 1. The third-order valence-electron chi connectivity index (χ3n) is 2.54. The number of phenolic OH excluding ortho intramolecular Hbond substituents is 1. The molecule has 0 aromatic heterocycles. The van der Waals surface area contributed by atoms with E-state index in [1.165, 1.54) is 6.07 Å². The number of rotatable bonds is 3. The Labute approximate surface area is 127 Å². The zero-order valence-corrected chi connectivity index (χ0v) is 12.2. The molecule has 0 radical (unpaired) electrons. The highest BCUT2D eigenvalue weighted by Crippen LogP contribution is 2.26. The molecule has 0 saturated carbocycles. The van der Waals surface area contributed by atoms with Crippen LogP contribution in [-0.4, -0.2) is 15.9 Å². The van der Waals surface area contributed by atoms with Crippen LogP contribution in [0.4, 0.5) is 11.4 Å². The molecule has 0 atom stereocenters. The minimum absolute atomic E-state index is 0.145. The second-order valence-electron chi connectivity index (χ2n) is 3.92. The maximum atomic E-state index is 11.9. The fraction of sp³-hybridized carbons (Fsp3) is 0. The van der Waals surface area contributed by atoms with Gasteiger partial charge >= 0.3 is 5.69 Å². The van der Waals surface area contributed by atoms with Crippen molar-refractivity contribution in [3.05, 3.63) is 61.7 Å². The predicted octanol–water partition coefficient (Wildman–Crippen LogP) is 3.16. The lowest BCUT2D eigenvalue weighted by atomic mass is 10.1. The van der Waals surface area contributed by atoms with Crippen LogP contribution >= 0.6 is 22.6 Å². The van der Waals surface area contributed by atoms with Crippen LogP contribution in [-0.2, 0) is 0 Å². The maximum Gasteiger partial charge on any atom is 0.310 e. The lowest BCUT2D eigenvalue weighted by Gasteiger charge is -2.06. The van der Waals surface area contributed by atoms with E-state index in [9.17, 15) is 20.0 Å². The number of nitrogens with one attached hydrogen (secondary N) is 1. The third-order valence-corrected chi connectivity index (χ3v) is 3.26. The molecule has 0 aliphatic heterocycles. The van der Waals surface area contributed by atoms with Gasteiger partial charge in [-0.3, -0.25) is 14.9 Å². The van der Waals surface area contributed by atoms with Gasteiger partial charge in [-0.05, 0) is 59.0 Å². The average molecular weight is 384 g/mol. The molecule has 0 bridgehead atoms. The molecule has 0 heterocycles. The molecule has 2 aromatic carbocycles. The van der Waals surface area contributed by atoms with E-state index < -0.39 is 22.3 Å². The van der Waals surface area contributed by atoms with Crippen LogP contribution in [0.3, 0.4) is 0 Å². The van der Waals surface area contributed by atoms with Gasteiger partial charge in [-0.1, -0.05) is 0 Å². The number of nitro groups is 1. The van der Waals surface area contributed by atoms with Crippen molar-refractivity contribution in [2.75, 3.05) is 5.32 Å². The molecule has 2 N–H and O–H groups in total. The van der Waals surface area contributed by atoms with E-state index in [1.54, 1.807) is 12.1 Å². The molecule has 0 aliphatic carbocycles. The SMILES string of the molecule is O=C(Nc1ccc(I)cc1)c1ccc([N+](=O)[O-])c(O)c1. The first-order valence-electron chi connectivity index (χ1n) is 5.51. The van der Waals surface area contributed by atoms with Gasteiger partial charge in [-0.2, -0.15) is 0 Å². The molecule has 0 fully saturated rings. The van der Waals surface area contributed by atoms with Gasteiger partial charge in [-0.15, -0.1) is 0 Å². The van der Waals surface area contributed by atoms with Crippen molar-refractivity contribution >= 4 is 39.9 Å². The Morgan fingerprint density at radius 2 is 1.85 bits per heavy atom. The highest BCUT2D eigenvalue weighted by atomic mass is 127. The number of nitro benzene ring substituents is 1. The quantitative estimate of drug-likeness (QED) is 0.483. The number of nitrogens with zero attached hydrogens (tertiary/aromatic N) is 1. The van der Waals surface area contributed by atoms with E-state index in [1.807, 2.05) is 12.1 Å². The van der Waals surface area contributed by atoms with Crippen molar-refractivity contribution in [2.24, 2.45) is 0 Å². The van der Waals surface area contributed by atoms with Gasteiger partial charge in [0.05, 0.1) is 4.92 Å². The molecule has 20 heavy (non-hydrogen) atoms. The van der Waals surface area contributed by atoms with E-state index >= 15 is 0 Å². The lowest BCUT2D eigenvalue weighted by molar-refractivity contribution is -0.385. The maximum absolute atomic E-state index is 11.9. The number of hydrogen-bond donors (Lipinski definition) is 2. The topological polar surface area (TPSA) is 92.5 Å². The second-order valence-corrected chi connectivity index (χ2v) is 5.17. The summed E-state index contributed by atoms with van der Waals surface area (Å²) in [5, 5.41) is 22.7. The molecule has 2 rings (SSSR count). The zero-order chi connectivity index (χ0) is 14.7. The van der Waals surface area contributed by atoms with Crippen LogP contribution in [0.15, 0.2) is 42.5 Å². The standard InChI is InChI=1S/C13H9IN2O4/c14-9-2-4-10(5-3-9)15-13(18)8-1-6-11(16(19)20)12(17)7-8/h1-7,17H,(H,15,18). The molecule has 0 saturated heterocycles. The van der Waals surface area contributed by atoms with Crippen LogP contribution in [0, 0.1) is 13.7 Å². The highest BCUT2D eigenvalue weighted by Gasteiger charge is 2.16. The van der Waals surface area contributed by atoms with Gasteiger partial charge < -0.3 is 10.4 Å². The Morgan fingerprint density at radius 1 is 1.20 bits per heavy atom. The van der Waals surface area contributed by atoms with E-state index in [4.69, 9.17) is 0 Å². The van der Waals surface area contributed by atoms with Crippen LogP contribution in [0.25, 0.3) is 0 Å². The number of hydrogen-bond acceptors (Lipinski definition) is 4. The normalized spacial score (nSPS) is 10.1. The summed E-state index contributed by atoms with van der Waals surface area (Å²) in [5.41, 5.74) is 0.315.